The summed E-state index contributed by atoms with van der Waals surface area (Å²) in [6.07, 6.45) is 1.11. The van der Waals surface area contributed by atoms with Crippen LogP contribution in [0, 0.1) is 0 Å². The SMILES string of the molecule is CCC1CN(C(=O)N(C)CC)CCN1C. The van der Waals surface area contributed by atoms with Crippen LogP contribution in [0.2, 0.25) is 0 Å². The molecule has 0 spiro atoms. The predicted octanol–water partition coefficient (Wildman–Crippen LogP) is 1.08. The molecule has 1 atom stereocenters. The van der Waals surface area contributed by atoms with Crippen molar-refractivity contribution in [3.63, 3.8) is 0 Å². The van der Waals surface area contributed by atoms with Crippen molar-refractivity contribution in [3.05, 3.63) is 0 Å². The first kappa shape index (κ1) is 12.3. The molecule has 88 valence electrons. The Morgan fingerprint density at radius 2 is 2.07 bits per heavy atom. The lowest BCUT2D eigenvalue weighted by Crippen LogP contribution is -2.55. The molecule has 1 fully saturated rings. The normalized spacial score (nSPS) is 22.9. The summed E-state index contributed by atoms with van der Waals surface area (Å²) in [5.41, 5.74) is 0. The molecule has 15 heavy (non-hydrogen) atoms. The molecule has 1 rings (SSSR count). The van der Waals surface area contributed by atoms with Crippen molar-refractivity contribution in [1.82, 2.24) is 14.7 Å². The van der Waals surface area contributed by atoms with E-state index in [1.807, 2.05) is 18.9 Å². The quantitative estimate of drug-likeness (QED) is 0.686. The van der Waals surface area contributed by atoms with Crippen LogP contribution in [0.25, 0.3) is 0 Å². The summed E-state index contributed by atoms with van der Waals surface area (Å²) in [5, 5.41) is 0. The lowest BCUT2D eigenvalue weighted by Gasteiger charge is -2.40. The molecule has 1 heterocycles. The number of hydrogen-bond acceptors (Lipinski definition) is 2. The number of amides is 2. The largest absolute Gasteiger partial charge is 0.328 e. The fourth-order valence-electron chi connectivity index (χ4n) is 1.94. The molecule has 0 radical (unpaired) electrons. The van der Waals surface area contributed by atoms with Crippen molar-refractivity contribution in [2.24, 2.45) is 0 Å². The summed E-state index contributed by atoms with van der Waals surface area (Å²) in [6, 6.07) is 0.692. The van der Waals surface area contributed by atoms with Gasteiger partial charge in [-0.1, -0.05) is 6.92 Å². The maximum atomic E-state index is 11.9. The molecule has 4 nitrogen and oxygen atoms in total. The second-order valence-corrected chi connectivity index (χ2v) is 4.29. The van der Waals surface area contributed by atoms with E-state index in [1.54, 1.807) is 4.90 Å². The Kier molecular flexibility index (Phi) is 4.39. The Morgan fingerprint density at radius 3 is 2.60 bits per heavy atom. The Labute approximate surface area is 92.8 Å². The molecule has 0 aromatic heterocycles. The molecule has 1 aliphatic heterocycles. The molecule has 0 aromatic rings. The van der Waals surface area contributed by atoms with Crippen LogP contribution in [-0.2, 0) is 0 Å². The van der Waals surface area contributed by atoms with Gasteiger partial charge in [-0.3, -0.25) is 4.90 Å². The Balaban J connectivity index is 2.54. The molecular formula is C11H23N3O. The van der Waals surface area contributed by atoms with E-state index < -0.39 is 0 Å². The third kappa shape index (κ3) is 2.84. The van der Waals surface area contributed by atoms with Crippen molar-refractivity contribution in [3.8, 4) is 0 Å². The highest BCUT2D eigenvalue weighted by Crippen LogP contribution is 2.11. The van der Waals surface area contributed by atoms with Crippen molar-refractivity contribution in [2.45, 2.75) is 26.3 Å². The van der Waals surface area contributed by atoms with Crippen molar-refractivity contribution in [2.75, 3.05) is 40.3 Å². The van der Waals surface area contributed by atoms with Gasteiger partial charge in [-0.15, -0.1) is 0 Å². The number of urea groups is 1. The number of hydrogen-bond donors (Lipinski definition) is 0. The second kappa shape index (κ2) is 5.35. The first-order valence-corrected chi connectivity index (χ1v) is 5.80. The van der Waals surface area contributed by atoms with Gasteiger partial charge in [0, 0.05) is 39.3 Å². The minimum atomic E-state index is 0.170. The van der Waals surface area contributed by atoms with E-state index in [4.69, 9.17) is 0 Å². The molecule has 2 amide bonds. The van der Waals surface area contributed by atoms with Gasteiger partial charge in [0.1, 0.15) is 0 Å². The highest BCUT2D eigenvalue weighted by atomic mass is 16.2. The van der Waals surface area contributed by atoms with E-state index >= 15 is 0 Å². The maximum absolute atomic E-state index is 11.9. The van der Waals surface area contributed by atoms with Crippen LogP contribution < -0.4 is 0 Å². The predicted molar refractivity (Wildman–Crippen MR) is 62.0 cm³/mol. The average Bonchev–Trinajstić information content (AvgIpc) is 2.27. The van der Waals surface area contributed by atoms with Crippen LogP contribution in [0.1, 0.15) is 20.3 Å². The zero-order chi connectivity index (χ0) is 11.4. The molecule has 0 aromatic carbocycles. The van der Waals surface area contributed by atoms with Crippen LogP contribution in [-0.4, -0.2) is 67.0 Å². The number of piperazine rings is 1. The van der Waals surface area contributed by atoms with E-state index in [0.717, 1.165) is 32.6 Å². The zero-order valence-electron chi connectivity index (χ0n) is 10.4. The highest BCUT2D eigenvalue weighted by Gasteiger charge is 2.27. The van der Waals surface area contributed by atoms with Crippen molar-refractivity contribution in [1.29, 1.82) is 0 Å². The molecule has 4 heteroatoms. The molecule has 0 bridgehead atoms. The Morgan fingerprint density at radius 1 is 1.40 bits per heavy atom. The smallest absolute Gasteiger partial charge is 0.319 e. The van der Waals surface area contributed by atoms with E-state index in [1.165, 1.54) is 0 Å². The molecule has 1 unspecified atom stereocenters. The average molecular weight is 213 g/mol. The van der Waals surface area contributed by atoms with Crippen LogP contribution >= 0.6 is 0 Å². The number of carbonyl (C=O) groups excluding carboxylic acids is 1. The number of rotatable bonds is 2. The monoisotopic (exact) mass is 213 g/mol. The highest BCUT2D eigenvalue weighted by molar-refractivity contribution is 5.74. The summed E-state index contributed by atoms with van der Waals surface area (Å²) < 4.78 is 0. The Hall–Kier alpha value is -0.770. The molecule has 0 N–H and O–H groups in total. The first-order chi connectivity index (χ1) is 7.10. The summed E-state index contributed by atoms with van der Waals surface area (Å²) in [6.45, 7) is 7.68. The Bertz CT molecular complexity index is 220. The molecule has 1 saturated heterocycles. The molecule has 0 aliphatic carbocycles. The maximum Gasteiger partial charge on any atom is 0.319 e. The van der Waals surface area contributed by atoms with E-state index in [9.17, 15) is 4.79 Å². The summed E-state index contributed by atoms with van der Waals surface area (Å²) in [4.78, 5) is 18.0. The van der Waals surface area contributed by atoms with E-state index in [-0.39, 0.29) is 6.03 Å². The van der Waals surface area contributed by atoms with E-state index in [0.29, 0.717) is 6.04 Å². The molecular weight excluding hydrogens is 190 g/mol. The van der Waals surface area contributed by atoms with Gasteiger partial charge in [0.2, 0.25) is 0 Å². The number of carbonyl (C=O) groups is 1. The van der Waals surface area contributed by atoms with Gasteiger partial charge in [-0.25, -0.2) is 4.79 Å². The van der Waals surface area contributed by atoms with Gasteiger partial charge in [0.15, 0.2) is 0 Å². The third-order valence-corrected chi connectivity index (χ3v) is 3.32. The van der Waals surface area contributed by atoms with Gasteiger partial charge < -0.3 is 9.80 Å². The third-order valence-electron chi connectivity index (χ3n) is 3.32. The van der Waals surface area contributed by atoms with E-state index in [2.05, 4.69) is 18.9 Å². The zero-order valence-corrected chi connectivity index (χ0v) is 10.4. The van der Waals surface area contributed by atoms with Gasteiger partial charge >= 0.3 is 6.03 Å². The summed E-state index contributed by atoms with van der Waals surface area (Å²) >= 11 is 0. The molecule has 0 saturated carbocycles. The lowest BCUT2D eigenvalue weighted by atomic mass is 10.1. The fraction of sp³-hybridized carbons (Fsp3) is 0.909. The van der Waals surface area contributed by atoms with Crippen LogP contribution in [0.5, 0.6) is 0 Å². The van der Waals surface area contributed by atoms with Gasteiger partial charge in [0.05, 0.1) is 0 Å². The van der Waals surface area contributed by atoms with Crippen LogP contribution in [0.3, 0.4) is 0 Å². The van der Waals surface area contributed by atoms with Crippen molar-refractivity contribution >= 4 is 6.03 Å². The van der Waals surface area contributed by atoms with Gasteiger partial charge in [-0.2, -0.15) is 0 Å². The lowest BCUT2D eigenvalue weighted by molar-refractivity contribution is 0.0930. The number of likely N-dealkylation sites (N-methyl/N-ethyl adjacent to an activating group) is 1. The first-order valence-electron chi connectivity index (χ1n) is 5.80. The summed E-state index contributed by atoms with van der Waals surface area (Å²) in [5.74, 6) is 0. The summed E-state index contributed by atoms with van der Waals surface area (Å²) in [7, 11) is 4.00. The minimum absolute atomic E-state index is 0.170. The van der Waals surface area contributed by atoms with Gasteiger partial charge in [0.25, 0.3) is 0 Å². The minimum Gasteiger partial charge on any atom is -0.328 e. The van der Waals surface area contributed by atoms with Crippen LogP contribution in [0.4, 0.5) is 4.79 Å². The number of nitrogens with zero attached hydrogens (tertiary/aromatic N) is 3. The van der Waals surface area contributed by atoms with Crippen LogP contribution in [0.15, 0.2) is 0 Å². The standard InChI is InChI=1S/C11H23N3O/c1-5-10-9-14(8-7-13(10)4)11(15)12(3)6-2/h10H,5-9H2,1-4H3. The topological polar surface area (TPSA) is 26.8 Å². The van der Waals surface area contributed by atoms with Gasteiger partial charge in [-0.05, 0) is 20.4 Å². The fourth-order valence-corrected chi connectivity index (χ4v) is 1.94. The second-order valence-electron chi connectivity index (χ2n) is 4.29. The van der Waals surface area contributed by atoms with Crippen molar-refractivity contribution < 1.29 is 4.79 Å². The molecule has 1 aliphatic rings.